The molecule has 0 bridgehead atoms. The van der Waals surface area contributed by atoms with Crippen LogP contribution in [0.2, 0.25) is 0 Å². The summed E-state index contributed by atoms with van der Waals surface area (Å²) in [4.78, 5) is 38.3. The molecule has 0 radical (unpaired) electrons. The highest BCUT2D eigenvalue weighted by Crippen LogP contribution is 2.34. The number of nitrogen functional groups attached to an aromatic ring is 1. The maximum absolute atomic E-state index is 12.8. The van der Waals surface area contributed by atoms with Crippen molar-refractivity contribution in [3.05, 3.63) is 45.3 Å². The van der Waals surface area contributed by atoms with Gasteiger partial charge in [-0.2, -0.15) is 0 Å². The average Bonchev–Trinajstić information content (AvgIpc) is 3.09. The second-order valence-corrected chi connectivity index (χ2v) is 9.49. The Balaban J connectivity index is 1.69. The molecule has 10 heteroatoms. The standard InChI is InChI=1S/C21H26N4O5S/c1-21(2,3)30-20(27)24-9-5-7-14(12-24)23-19(26)18-16(22)11-17(31-18)13-6-4-8-15(10-13)25(28)29/h4,6,8,10-11,14H,5,7,9,12,22H2,1-3H3,(H,23,26)/t14-/m0/s1. The summed E-state index contributed by atoms with van der Waals surface area (Å²) in [7, 11) is 0. The molecule has 1 aromatic heterocycles. The Kier molecular flexibility index (Phi) is 6.49. The number of benzene rings is 1. The molecule has 1 saturated heterocycles. The number of anilines is 1. The molecule has 2 amide bonds. The van der Waals surface area contributed by atoms with Gasteiger partial charge in [0.25, 0.3) is 11.6 Å². The fraction of sp³-hybridized carbons (Fsp3) is 0.429. The van der Waals surface area contributed by atoms with Gasteiger partial charge in [-0.3, -0.25) is 14.9 Å². The Morgan fingerprint density at radius 1 is 1.32 bits per heavy atom. The minimum absolute atomic E-state index is 0.0279. The van der Waals surface area contributed by atoms with Gasteiger partial charge in [0.1, 0.15) is 10.5 Å². The van der Waals surface area contributed by atoms with Gasteiger partial charge in [0, 0.05) is 36.1 Å². The highest BCUT2D eigenvalue weighted by Gasteiger charge is 2.29. The van der Waals surface area contributed by atoms with Crippen molar-refractivity contribution < 1.29 is 19.2 Å². The molecule has 1 fully saturated rings. The molecule has 1 aromatic carbocycles. The number of likely N-dealkylation sites (tertiary alicyclic amines) is 1. The van der Waals surface area contributed by atoms with Crippen LogP contribution in [0.3, 0.4) is 0 Å². The largest absolute Gasteiger partial charge is 0.444 e. The Morgan fingerprint density at radius 3 is 2.74 bits per heavy atom. The van der Waals surface area contributed by atoms with Gasteiger partial charge in [0.05, 0.1) is 10.6 Å². The first-order chi connectivity index (χ1) is 14.5. The number of nitrogens with one attached hydrogen (secondary N) is 1. The number of thiophene rings is 1. The first-order valence-corrected chi connectivity index (χ1v) is 10.8. The van der Waals surface area contributed by atoms with E-state index in [4.69, 9.17) is 10.5 Å². The zero-order valence-electron chi connectivity index (χ0n) is 17.7. The van der Waals surface area contributed by atoms with E-state index >= 15 is 0 Å². The lowest BCUT2D eigenvalue weighted by molar-refractivity contribution is -0.384. The highest BCUT2D eigenvalue weighted by atomic mass is 32.1. The first-order valence-electron chi connectivity index (χ1n) is 9.96. The van der Waals surface area contributed by atoms with Gasteiger partial charge in [-0.25, -0.2) is 4.79 Å². The summed E-state index contributed by atoms with van der Waals surface area (Å²) < 4.78 is 5.42. The van der Waals surface area contributed by atoms with Crippen molar-refractivity contribution in [3.63, 3.8) is 0 Å². The van der Waals surface area contributed by atoms with Crippen LogP contribution in [-0.2, 0) is 4.74 Å². The molecule has 0 spiro atoms. The molecular weight excluding hydrogens is 420 g/mol. The van der Waals surface area contributed by atoms with Crippen molar-refractivity contribution in [2.24, 2.45) is 0 Å². The van der Waals surface area contributed by atoms with Crippen LogP contribution in [0.1, 0.15) is 43.3 Å². The van der Waals surface area contributed by atoms with Gasteiger partial charge in [0.15, 0.2) is 0 Å². The molecular formula is C21H26N4O5S. The van der Waals surface area contributed by atoms with Gasteiger partial charge in [-0.15, -0.1) is 11.3 Å². The molecule has 0 unspecified atom stereocenters. The topological polar surface area (TPSA) is 128 Å². The third kappa shape index (κ3) is 5.72. The van der Waals surface area contributed by atoms with E-state index in [-0.39, 0.29) is 17.6 Å². The number of hydrogen-bond acceptors (Lipinski definition) is 7. The number of rotatable bonds is 4. The third-order valence-corrected chi connectivity index (χ3v) is 5.92. The average molecular weight is 447 g/mol. The van der Waals surface area contributed by atoms with Crippen LogP contribution >= 0.6 is 11.3 Å². The normalized spacial score (nSPS) is 16.6. The van der Waals surface area contributed by atoms with Gasteiger partial charge in [-0.05, 0) is 45.2 Å². The Hall–Kier alpha value is -3.14. The van der Waals surface area contributed by atoms with Crippen LogP contribution in [0.4, 0.5) is 16.2 Å². The smallest absolute Gasteiger partial charge is 0.410 e. The Morgan fingerprint density at radius 2 is 2.06 bits per heavy atom. The monoisotopic (exact) mass is 446 g/mol. The van der Waals surface area contributed by atoms with Crippen molar-refractivity contribution in [2.75, 3.05) is 18.8 Å². The second kappa shape index (κ2) is 8.93. The maximum Gasteiger partial charge on any atom is 0.410 e. The van der Waals surface area contributed by atoms with Crippen molar-refractivity contribution >= 4 is 34.7 Å². The lowest BCUT2D eigenvalue weighted by Crippen LogP contribution is -2.50. The molecule has 2 aromatic rings. The summed E-state index contributed by atoms with van der Waals surface area (Å²) in [6.07, 6.45) is 1.10. The number of nitrogens with zero attached hydrogens (tertiary/aromatic N) is 2. The number of hydrogen-bond donors (Lipinski definition) is 2. The molecule has 0 saturated carbocycles. The molecule has 1 atom stereocenters. The van der Waals surface area contributed by atoms with Crippen LogP contribution in [0.25, 0.3) is 10.4 Å². The predicted molar refractivity (Wildman–Crippen MR) is 119 cm³/mol. The van der Waals surface area contributed by atoms with E-state index in [1.807, 2.05) is 20.8 Å². The molecule has 0 aliphatic carbocycles. The van der Waals surface area contributed by atoms with Crippen LogP contribution < -0.4 is 11.1 Å². The zero-order valence-corrected chi connectivity index (χ0v) is 18.5. The number of carbonyl (C=O) groups is 2. The molecule has 1 aliphatic rings. The fourth-order valence-electron chi connectivity index (χ4n) is 3.34. The summed E-state index contributed by atoms with van der Waals surface area (Å²) >= 11 is 1.18. The summed E-state index contributed by atoms with van der Waals surface area (Å²) in [6, 6.07) is 7.62. The number of carbonyl (C=O) groups excluding carboxylic acids is 2. The Bertz CT molecular complexity index is 998. The van der Waals surface area contributed by atoms with E-state index in [0.717, 1.165) is 12.8 Å². The quantitative estimate of drug-likeness (QED) is 0.539. The SMILES string of the molecule is CC(C)(C)OC(=O)N1CCC[C@H](NC(=O)c2sc(-c3cccc([N+](=O)[O-])c3)cc2N)C1. The number of ether oxygens (including phenoxy) is 1. The summed E-state index contributed by atoms with van der Waals surface area (Å²) in [6.45, 7) is 6.38. The maximum atomic E-state index is 12.8. The van der Waals surface area contributed by atoms with Gasteiger partial charge >= 0.3 is 6.09 Å². The number of nitro groups is 1. The number of nitrogens with two attached hydrogens (primary N) is 1. The van der Waals surface area contributed by atoms with Gasteiger partial charge < -0.3 is 20.7 Å². The van der Waals surface area contributed by atoms with Crippen molar-refractivity contribution in [2.45, 2.75) is 45.3 Å². The van der Waals surface area contributed by atoms with Gasteiger partial charge in [-0.1, -0.05) is 12.1 Å². The Labute approximate surface area is 184 Å². The lowest BCUT2D eigenvalue weighted by Gasteiger charge is -2.34. The van der Waals surface area contributed by atoms with Gasteiger partial charge in [0.2, 0.25) is 0 Å². The molecule has 2 heterocycles. The molecule has 31 heavy (non-hydrogen) atoms. The van der Waals surface area contributed by atoms with E-state index in [2.05, 4.69) is 5.32 Å². The number of nitro benzene ring substituents is 1. The predicted octanol–water partition coefficient (Wildman–Crippen LogP) is 4.03. The highest BCUT2D eigenvalue weighted by molar-refractivity contribution is 7.18. The third-order valence-electron chi connectivity index (χ3n) is 4.72. The zero-order chi connectivity index (χ0) is 22.8. The lowest BCUT2D eigenvalue weighted by atomic mass is 10.1. The minimum atomic E-state index is -0.582. The van der Waals surface area contributed by atoms with E-state index in [0.29, 0.717) is 34.1 Å². The van der Waals surface area contributed by atoms with Crippen molar-refractivity contribution in [1.82, 2.24) is 10.2 Å². The summed E-state index contributed by atoms with van der Waals surface area (Å²) in [5.74, 6) is -0.324. The number of piperidine rings is 1. The van der Waals surface area contributed by atoms with Crippen molar-refractivity contribution in [1.29, 1.82) is 0 Å². The molecule has 3 rings (SSSR count). The molecule has 1 aliphatic heterocycles. The second-order valence-electron chi connectivity index (χ2n) is 8.44. The minimum Gasteiger partial charge on any atom is -0.444 e. The van der Waals surface area contributed by atoms with Crippen LogP contribution in [-0.4, -0.2) is 46.6 Å². The van der Waals surface area contributed by atoms with E-state index in [1.54, 1.807) is 23.1 Å². The molecule has 166 valence electrons. The van der Waals surface area contributed by atoms with E-state index < -0.39 is 16.6 Å². The van der Waals surface area contributed by atoms with E-state index in [9.17, 15) is 19.7 Å². The summed E-state index contributed by atoms with van der Waals surface area (Å²) in [5.41, 5.74) is 6.38. The molecule has 3 N–H and O–H groups in total. The summed E-state index contributed by atoms with van der Waals surface area (Å²) in [5, 5.41) is 14.0. The van der Waals surface area contributed by atoms with Crippen LogP contribution in [0, 0.1) is 10.1 Å². The molecule has 9 nitrogen and oxygen atoms in total. The fourth-order valence-corrected chi connectivity index (χ4v) is 4.31. The van der Waals surface area contributed by atoms with Crippen LogP contribution in [0.5, 0.6) is 0 Å². The number of non-ortho nitro benzene ring substituents is 1. The van der Waals surface area contributed by atoms with E-state index in [1.165, 1.54) is 23.5 Å². The van der Waals surface area contributed by atoms with Crippen LogP contribution in [0.15, 0.2) is 30.3 Å². The number of amides is 2. The van der Waals surface area contributed by atoms with Crippen molar-refractivity contribution in [3.8, 4) is 10.4 Å². The first kappa shape index (κ1) is 22.5.